The molecule has 0 spiro atoms. The van der Waals surface area contributed by atoms with E-state index in [2.05, 4.69) is 15.9 Å². The number of benzene rings is 1. The number of alkyl halides is 4. The van der Waals surface area contributed by atoms with Gasteiger partial charge < -0.3 is 0 Å². The first-order valence-electron chi connectivity index (χ1n) is 5.11. The Morgan fingerprint density at radius 1 is 1.28 bits per heavy atom. The van der Waals surface area contributed by atoms with Gasteiger partial charge in [0.05, 0.1) is 6.54 Å². The molecule has 0 heterocycles. The van der Waals surface area contributed by atoms with E-state index in [1.165, 1.54) is 17.0 Å². The number of hydrogen-bond donors (Lipinski definition) is 0. The maximum absolute atomic E-state index is 12.8. The summed E-state index contributed by atoms with van der Waals surface area (Å²) in [5.41, 5.74) is 0.475. The molecule has 0 fully saturated rings. The van der Waals surface area contributed by atoms with Crippen molar-refractivity contribution in [3.05, 3.63) is 34.6 Å². The zero-order chi connectivity index (χ0) is 13.8. The van der Waals surface area contributed by atoms with Crippen LogP contribution in [0.15, 0.2) is 18.2 Å². The van der Waals surface area contributed by atoms with Gasteiger partial charge in [-0.15, -0.1) is 0 Å². The van der Waals surface area contributed by atoms with Crippen molar-refractivity contribution in [2.24, 2.45) is 0 Å². The van der Waals surface area contributed by atoms with Crippen molar-refractivity contribution in [2.75, 3.05) is 18.4 Å². The third-order valence-electron chi connectivity index (χ3n) is 2.21. The van der Waals surface area contributed by atoms with E-state index >= 15 is 0 Å². The maximum atomic E-state index is 12.8. The molecule has 0 aliphatic carbocycles. The molecule has 0 amide bonds. The van der Waals surface area contributed by atoms with Crippen molar-refractivity contribution in [2.45, 2.75) is 12.7 Å². The Labute approximate surface area is 116 Å². The van der Waals surface area contributed by atoms with Gasteiger partial charge in [0.25, 0.3) is 0 Å². The Balaban J connectivity index is 2.76. The van der Waals surface area contributed by atoms with E-state index in [0.717, 1.165) is 6.07 Å². The summed E-state index contributed by atoms with van der Waals surface area (Å²) >= 11 is 8.88. The summed E-state index contributed by atoms with van der Waals surface area (Å²) in [6, 6.07) is 3.67. The van der Waals surface area contributed by atoms with Crippen molar-refractivity contribution in [3.8, 4) is 0 Å². The molecule has 0 aliphatic rings. The molecule has 0 N–H and O–H groups in total. The summed E-state index contributed by atoms with van der Waals surface area (Å²) in [5, 5.41) is 0.554. The van der Waals surface area contributed by atoms with Gasteiger partial charge in [0, 0.05) is 23.4 Å². The van der Waals surface area contributed by atoms with Crippen LogP contribution >= 0.6 is 27.5 Å². The molecular formula is C11H11BrClF4N. The molecule has 0 radical (unpaired) electrons. The minimum absolute atomic E-state index is 0.0320. The largest absolute Gasteiger partial charge is 0.401 e. The SMILES string of the molecule is Fc1ccc(CN(CCBr)CC(F)(F)F)c(Cl)c1. The fourth-order valence-electron chi connectivity index (χ4n) is 1.48. The second kappa shape index (κ2) is 6.73. The van der Waals surface area contributed by atoms with Gasteiger partial charge in [-0.05, 0) is 17.7 Å². The fourth-order valence-corrected chi connectivity index (χ4v) is 2.21. The van der Waals surface area contributed by atoms with E-state index in [0.29, 0.717) is 10.9 Å². The van der Waals surface area contributed by atoms with Crippen molar-refractivity contribution in [3.63, 3.8) is 0 Å². The highest BCUT2D eigenvalue weighted by molar-refractivity contribution is 9.09. The van der Waals surface area contributed by atoms with Gasteiger partial charge in [0.1, 0.15) is 5.82 Å². The molecule has 0 saturated carbocycles. The smallest absolute Gasteiger partial charge is 0.290 e. The van der Waals surface area contributed by atoms with Crippen molar-refractivity contribution in [1.82, 2.24) is 4.90 Å². The van der Waals surface area contributed by atoms with Crippen LogP contribution in [0.5, 0.6) is 0 Å². The zero-order valence-corrected chi connectivity index (χ0v) is 11.6. The second-order valence-corrected chi connectivity index (χ2v) is 4.95. The van der Waals surface area contributed by atoms with E-state index in [9.17, 15) is 17.6 Å². The van der Waals surface area contributed by atoms with Crippen LogP contribution in [0.3, 0.4) is 0 Å². The average Bonchev–Trinajstić information content (AvgIpc) is 2.20. The van der Waals surface area contributed by atoms with Gasteiger partial charge in [-0.2, -0.15) is 13.2 Å². The minimum atomic E-state index is -4.27. The number of rotatable bonds is 5. The summed E-state index contributed by atoms with van der Waals surface area (Å²) in [6.07, 6.45) is -4.27. The van der Waals surface area contributed by atoms with E-state index in [4.69, 9.17) is 11.6 Å². The van der Waals surface area contributed by atoms with Gasteiger partial charge >= 0.3 is 6.18 Å². The Hall–Kier alpha value is -0.330. The first-order chi connectivity index (χ1) is 8.31. The Morgan fingerprint density at radius 2 is 1.94 bits per heavy atom. The van der Waals surface area contributed by atoms with Crippen LogP contribution in [0.25, 0.3) is 0 Å². The lowest BCUT2D eigenvalue weighted by atomic mass is 10.2. The maximum Gasteiger partial charge on any atom is 0.401 e. The summed E-state index contributed by atoms with van der Waals surface area (Å²) in [5.74, 6) is -0.508. The Kier molecular flexibility index (Phi) is 5.88. The first kappa shape index (κ1) is 15.7. The molecule has 0 aliphatic heterocycles. The lowest BCUT2D eigenvalue weighted by molar-refractivity contribution is -0.146. The average molecular weight is 349 g/mol. The predicted octanol–water partition coefficient (Wildman–Crippen LogP) is 4.24. The van der Waals surface area contributed by atoms with Crippen LogP contribution in [0.2, 0.25) is 5.02 Å². The van der Waals surface area contributed by atoms with Crippen LogP contribution in [-0.4, -0.2) is 29.5 Å². The van der Waals surface area contributed by atoms with E-state index in [1.807, 2.05) is 0 Å². The highest BCUT2D eigenvalue weighted by atomic mass is 79.9. The quantitative estimate of drug-likeness (QED) is 0.568. The number of nitrogens with zero attached hydrogens (tertiary/aromatic N) is 1. The van der Waals surface area contributed by atoms with Crippen molar-refractivity contribution >= 4 is 27.5 Å². The molecular weight excluding hydrogens is 337 g/mol. The topological polar surface area (TPSA) is 3.24 Å². The predicted molar refractivity (Wildman–Crippen MR) is 66.5 cm³/mol. The Morgan fingerprint density at radius 3 is 2.44 bits per heavy atom. The van der Waals surface area contributed by atoms with E-state index < -0.39 is 18.5 Å². The van der Waals surface area contributed by atoms with Gasteiger partial charge in [-0.1, -0.05) is 33.6 Å². The normalized spacial score (nSPS) is 12.2. The minimum Gasteiger partial charge on any atom is -0.290 e. The Bertz CT molecular complexity index is 397. The van der Waals surface area contributed by atoms with Crippen LogP contribution < -0.4 is 0 Å². The summed E-state index contributed by atoms with van der Waals surface area (Å²) in [4.78, 5) is 1.20. The van der Waals surface area contributed by atoms with Gasteiger partial charge in [-0.25, -0.2) is 4.39 Å². The summed E-state index contributed by atoms with van der Waals surface area (Å²) in [6.45, 7) is -0.760. The molecule has 0 unspecified atom stereocenters. The molecule has 102 valence electrons. The third kappa shape index (κ3) is 5.54. The molecule has 0 atom stereocenters. The number of hydrogen-bond acceptors (Lipinski definition) is 1. The lowest BCUT2D eigenvalue weighted by Crippen LogP contribution is -2.35. The highest BCUT2D eigenvalue weighted by Gasteiger charge is 2.30. The zero-order valence-electron chi connectivity index (χ0n) is 9.28. The molecule has 18 heavy (non-hydrogen) atoms. The molecule has 1 nitrogen and oxygen atoms in total. The molecule has 1 rings (SSSR count). The monoisotopic (exact) mass is 347 g/mol. The molecule has 0 saturated heterocycles. The molecule has 0 aromatic heterocycles. The molecule has 1 aromatic rings. The van der Waals surface area contributed by atoms with Crippen molar-refractivity contribution < 1.29 is 17.6 Å². The second-order valence-electron chi connectivity index (χ2n) is 3.75. The van der Waals surface area contributed by atoms with E-state index in [-0.39, 0.29) is 18.1 Å². The number of halogens is 6. The molecule has 0 bridgehead atoms. The van der Waals surface area contributed by atoms with Gasteiger partial charge in [0.2, 0.25) is 0 Å². The van der Waals surface area contributed by atoms with Crippen LogP contribution in [0.1, 0.15) is 5.56 Å². The summed E-state index contributed by atoms with van der Waals surface area (Å²) < 4.78 is 49.9. The van der Waals surface area contributed by atoms with Gasteiger partial charge in [-0.3, -0.25) is 4.90 Å². The molecule has 7 heteroatoms. The summed E-state index contributed by atoms with van der Waals surface area (Å²) in [7, 11) is 0. The van der Waals surface area contributed by atoms with E-state index in [1.54, 1.807) is 0 Å². The fraction of sp³-hybridized carbons (Fsp3) is 0.455. The first-order valence-corrected chi connectivity index (χ1v) is 6.61. The third-order valence-corrected chi connectivity index (χ3v) is 2.92. The van der Waals surface area contributed by atoms with Gasteiger partial charge in [0.15, 0.2) is 0 Å². The standard InChI is InChI=1S/C11H11BrClF4N/c12-3-4-18(7-11(15,16)17)6-8-1-2-9(14)5-10(8)13/h1-2,5H,3-4,6-7H2. The van der Waals surface area contributed by atoms with Crippen LogP contribution in [-0.2, 0) is 6.54 Å². The van der Waals surface area contributed by atoms with Crippen LogP contribution in [0.4, 0.5) is 17.6 Å². The lowest BCUT2D eigenvalue weighted by Gasteiger charge is -2.23. The van der Waals surface area contributed by atoms with Crippen LogP contribution in [0, 0.1) is 5.82 Å². The highest BCUT2D eigenvalue weighted by Crippen LogP contribution is 2.22. The van der Waals surface area contributed by atoms with Crippen molar-refractivity contribution in [1.29, 1.82) is 0 Å². The molecule has 1 aromatic carbocycles.